The summed E-state index contributed by atoms with van der Waals surface area (Å²) in [6.45, 7) is 5.29. The summed E-state index contributed by atoms with van der Waals surface area (Å²) >= 11 is 0. The molecular weight excluding hydrogens is 342 g/mol. The van der Waals surface area contributed by atoms with Crippen LogP contribution < -0.4 is 5.32 Å². The van der Waals surface area contributed by atoms with E-state index in [1.807, 2.05) is 6.07 Å². The molecule has 2 saturated heterocycles. The van der Waals surface area contributed by atoms with Crippen molar-refractivity contribution in [1.29, 1.82) is 0 Å². The lowest BCUT2D eigenvalue weighted by Gasteiger charge is -2.31. The molecule has 0 spiro atoms. The van der Waals surface area contributed by atoms with Gasteiger partial charge in [-0.3, -0.25) is 14.5 Å². The van der Waals surface area contributed by atoms with E-state index >= 15 is 0 Å². The number of methoxy groups -OCH3 is 1. The topological polar surface area (TPSA) is 61.9 Å². The third-order valence-electron chi connectivity index (χ3n) is 5.67. The first-order valence-electron chi connectivity index (χ1n) is 9.96. The minimum atomic E-state index is 0.0146. The predicted molar refractivity (Wildman–Crippen MR) is 104 cm³/mol. The zero-order valence-electron chi connectivity index (χ0n) is 16.2. The Morgan fingerprint density at radius 3 is 2.56 bits per heavy atom. The van der Waals surface area contributed by atoms with Crippen LogP contribution in [0.3, 0.4) is 0 Å². The highest BCUT2D eigenvalue weighted by atomic mass is 16.5. The number of hydrogen-bond acceptors (Lipinski definition) is 4. The number of hydrogen-bond donors (Lipinski definition) is 1. The third-order valence-corrected chi connectivity index (χ3v) is 5.67. The lowest BCUT2D eigenvalue weighted by molar-refractivity contribution is -0.138. The van der Waals surface area contributed by atoms with Crippen molar-refractivity contribution in [2.75, 3.05) is 46.4 Å². The number of nitrogens with zero attached hydrogens (tertiary/aromatic N) is 2. The normalized spacial score (nSPS) is 21.4. The van der Waals surface area contributed by atoms with Crippen LogP contribution in [-0.2, 0) is 20.9 Å². The largest absolute Gasteiger partial charge is 0.375 e. The van der Waals surface area contributed by atoms with E-state index in [-0.39, 0.29) is 24.3 Å². The van der Waals surface area contributed by atoms with Crippen molar-refractivity contribution >= 4 is 11.8 Å². The molecule has 6 heteroatoms. The van der Waals surface area contributed by atoms with Crippen molar-refractivity contribution in [1.82, 2.24) is 15.1 Å². The Kier molecular flexibility index (Phi) is 7.24. The van der Waals surface area contributed by atoms with Crippen LogP contribution in [0.1, 0.15) is 24.8 Å². The van der Waals surface area contributed by atoms with Crippen LogP contribution in [0.4, 0.5) is 0 Å². The molecule has 0 saturated carbocycles. The van der Waals surface area contributed by atoms with Gasteiger partial charge in [0, 0.05) is 45.8 Å². The Hall–Kier alpha value is -1.92. The van der Waals surface area contributed by atoms with Crippen molar-refractivity contribution in [3.05, 3.63) is 35.9 Å². The van der Waals surface area contributed by atoms with Gasteiger partial charge in [-0.1, -0.05) is 30.3 Å². The number of likely N-dealkylation sites (tertiary alicyclic amines) is 2. The van der Waals surface area contributed by atoms with Crippen LogP contribution in [0.15, 0.2) is 30.3 Å². The van der Waals surface area contributed by atoms with Crippen molar-refractivity contribution < 1.29 is 14.3 Å². The number of carbonyl (C=O) groups is 2. The summed E-state index contributed by atoms with van der Waals surface area (Å²) in [7, 11) is 1.53. The van der Waals surface area contributed by atoms with E-state index in [0.29, 0.717) is 19.0 Å². The fraction of sp³-hybridized carbons (Fsp3) is 0.619. The molecule has 2 aliphatic heterocycles. The third kappa shape index (κ3) is 5.78. The minimum absolute atomic E-state index is 0.0146. The van der Waals surface area contributed by atoms with Crippen LogP contribution in [0.2, 0.25) is 0 Å². The van der Waals surface area contributed by atoms with E-state index < -0.39 is 0 Å². The summed E-state index contributed by atoms with van der Waals surface area (Å²) in [5.41, 5.74) is 1.34. The van der Waals surface area contributed by atoms with E-state index in [9.17, 15) is 9.59 Å². The van der Waals surface area contributed by atoms with Gasteiger partial charge in [-0.15, -0.1) is 0 Å². The van der Waals surface area contributed by atoms with Gasteiger partial charge in [-0.25, -0.2) is 0 Å². The first-order valence-corrected chi connectivity index (χ1v) is 9.96. The second-order valence-electron chi connectivity index (χ2n) is 7.71. The number of nitrogens with one attached hydrogen (secondary N) is 1. The molecule has 148 valence electrons. The second kappa shape index (κ2) is 9.85. The maximum atomic E-state index is 12.5. The summed E-state index contributed by atoms with van der Waals surface area (Å²) in [4.78, 5) is 28.6. The number of ether oxygens (including phenoxy) is 1. The van der Waals surface area contributed by atoms with E-state index in [1.54, 1.807) is 4.90 Å². The second-order valence-corrected chi connectivity index (χ2v) is 7.71. The Morgan fingerprint density at radius 2 is 1.85 bits per heavy atom. The van der Waals surface area contributed by atoms with Crippen molar-refractivity contribution in [3.63, 3.8) is 0 Å². The van der Waals surface area contributed by atoms with E-state index in [2.05, 4.69) is 34.5 Å². The van der Waals surface area contributed by atoms with Gasteiger partial charge in [0.1, 0.15) is 6.61 Å². The molecular formula is C21H31N3O3. The Balaban J connectivity index is 1.35. The van der Waals surface area contributed by atoms with Gasteiger partial charge in [-0.2, -0.15) is 0 Å². The van der Waals surface area contributed by atoms with Crippen LogP contribution in [-0.4, -0.2) is 68.1 Å². The molecule has 6 nitrogen and oxygen atoms in total. The standard InChI is InChI=1S/C21H31N3O3/c1-27-16-20(25)24-11-8-19(9-12-24)21(26)22-13-18-7-10-23(15-18)14-17-5-3-2-4-6-17/h2-6,18-19H,7-16H2,1H3,(H,22,26)/t18-/m1/s1. The van der Waals surface area contributed by atoms with E-state index in [1.165, 1.54) is 12.7 Å². The average molecular weight is 373 g/mol. The monoisotopic (exact) mass is 373 g/mol. The fourth-order valence-electron chi connectivity index (χ4n) is 4.06. The highest BCUT2D eigenvalue weighted by Gasteiger charge is 2.28. The molecule has 2 aliphatic rings. The van der Waals surface area contributed by atoms with Crippen LogP contribution in [0, 0.1) is 11.8 Å². The first-order chi connectivity index (χ1) is 13.2. The summed E-state index contributed by atoms with van der Waals surface area (Å²) in [5, 5.41) is 3.15. The molecule has 1 aromatic rings. The number of rotatable bonds is 7. The smallest absolute Gasteiger partial charge is 0.248 e. The fourth-order valence-corrected chi connectivity index (χ4v) is 4.06. The minimum Gasteiger partial charge on any atom is -0.375 e. The lowest BCUT2D eigenvalue weighted by atomic mass is 9.95. The summed E-state index contributed by atoms with van der Waals surface area (Å²) < 4.78 is 4.90. The molecule has 3 rings (SSSR count). The Bertz CT molecular complexity index is 614. The molecule has 27 heavy (non-hydrogen) atoms. The SMILES string of the molecule is COCC(=O)N1CCC(C(=O)NC[C@H]2CCN(Cc3ccccc3)C2)CC1. The molecule has 0 unspecified atom stereocenters. The quantitative estimate of drug-likeness (QED) is 0.787. The molecule has 0 aromatic heterocycles. The maximum absolute atomic E-state index is 12.5. The number of amides is 2. The van der Waals surface area contributed by atoms with Gasteiger partial charge >= 0.3 is 0 Å². The molecule has 2 heterocycles. The van der Waals surface area contributed by atoms with Gasteiger partial charge in [0.05, 0.1) is 0 Å². The van der Waals surface area contributed by atoms with E-state index in [0.717, 1.165) is 45.4 Å². The zero-order chi connectivity index (χ0) is 19.1. The number of benzene rings is 1. The van der Waals surface area contributed by atoms with Crippen LogP contribution in [0.25, 0.3) is 0 Å². The van der Waals surface area contributed by atoms with Crippen molar-refractivity contribution in [3.8, 4) is 0 Å². The molecule has 0 radical (unpaired) electrons. The predicted octanol–water partition coefficient (Wildman–Crippen LogP) is 1.51. The Morgan fingerprint density at radius 1 is 1.11 bits per heavy atom. The van der Waals surface area contributed by atoms with Gasteiger partial charge < -0.3 is 15.0 Å². The van der Waals surface area contributed by atoms with Crippen molar-refractivity contribution in [2.24, 2.45) is 11.8 Å². The molecule has 0 bridgehead atoms. The van der Waals surface area contributed by atoms with Crippen LogP contribution >= 0.6 is 0 Å². The molecule has 1 aromatic carbocycles. The van der Waals surface area contributed by atoms with Crippen molar-refractivity contribution in [2.45, 2.75) is 25.8 Å². The van der Waals surface area contributed by atoms with Gasteiger partial charge in [0.2, 0.25) is 11.8 Å². The summed E-state index contributed by atoms with van der Waals surface area (Å²) in [6, 6.07) is 10.5. The van der Waals surface area contributed by atoms with Crippen LogP contribution in [0.5, 0.6) is 0 Å². The molecule has 2 amide bonds. The maximum Gasteiger partial charge on any atom is 0.248 e. The van der Waals surface area contributed by atoms with Gasteiger partial charge in [-0.05, 0) is 37.3 Å². The molecule has 1 atom stereocenters. The number of carbonyl (C=O) groups excluding carboxylic acids is 2. The molecule has 1 N–H and O–H groups in total. The summed E-state index contributed by atoms with van der Waals surface area (Å²) in [6.07, 6.45) is 2.62. The summed E-state index contributed by atoms with van der Waals surface area (Å²) in [5.74, 6) is 0.718. The number of piperidine rings is 1. The average Bonchev–Trinajstić information content (AvgIpc) is 3.14. The van der Waals surface area contributed by atoms with Gasteiger partial charge in [0.15, 0.2) is 0 Å². The zero-order valence-corrected chi connectivity index (χ0v) is 16.2. The molecule has 2 fully saturated rings. The van der Waals surface area contributed by atoms with Gasteiger partial charge in [0.25, 0.3) is 0 Å². The Labute approximate surface area is 161 Å². The highest BCUT2D eigenvalue weighted by Crippen LogP contribution is 2.20. The lowest BCUT2D eigenvalue weighted by Crippen LogP contribution is -2.44. The highest BCUT2D eigenvalue weighted by molar-refractivity contribution is 5.80. The molecule has 0 aliphatic carbocycles. The first kappa shape index (κ1) is 19.8. The van der Waals surface area contributed by atoms with E-state index in [4.69, 9.17) is 4.74 Å².